The highest BCUT2D eigenvalue weighted by Crippen LogP contribution is 2.42. The summed E-state index contributed by atoms with van der Waals surface area (Å²) in [6.07, 6.45) is 0. The quantitative estimate of drug-likeness (QED) is 0.544. The molecule has 0 fully saturated rings. The molecular weight excluding hydrogens is 306 g/mol. The summed E-state index contributed by atoms with van der Waals surface area (Å²) in [6, 6.07) is 19.9. The first-order valence-electron chi connectivity index (χ1n) is 7.63. The molecule has 0 spiro atoms. The van der Waals surface area contributed by atoms with E-state index in [1.807, 2.05) is 62.4 Å². The maximum atomic E-state index is 12.6. The van der Waals surface area contributed by atoms with Gasteiger partial charge >= 0.3 is 5.97 Å². The van der Waals surface area contributed by atoms with Crippen LogP contribution >= 0.6 is 11.8 Å². The summed E-state index contributed by atoms with van der Waals surface area (Å²) >= 11 is 1.49. The lowest BCUT2D eigenvalue weighted by atomic mass is 10.0. The molecule has 0 aliphatic heterocycles. The van der Waals surface area contributed by atoms with Gasteiger partial charge < -0.3 is 9.72 Å². The van der Waals surface area contributed by atoms with E-state index in [1.54, 1.807) is 0 Å². The van der Waals surface area contributed by atoms with Crippen LogP contribution in [0.25, 0.3) is 10.9 Å². The molecule has 3 nitrogen and oxygen atoms in total. The molecular formula is C19H19NO2S. The third-order valence-electron chi connectivity index (χ3n) is 3.81. The summed E-state index contributed by atoms with van der Waals surface area (Å²) in [5.74, 6) is -0.227. The van der Waals surface area contributed by atoms with Gasteiger partial charge in [-0.25, -0.2) is 0 Å². The molecule has 1 N–H and O–H groups in total. The zero-order chi connectivity index (χ0) is 16.3. The molecule has 1 unspecified atom stereocenters. The number of aromatic amines is 1. The number of hydrogen-bond acceptors (Lipinski definition) is 3. The molecule has 1 atom stereocenters. The molecule has 3 aromatic rings. The number of nitrogens with one attached hydrogen (secondary N) is 1. The van der Waals surface area contributed by atoms with Gasteiger partial charge in [0.25, 0.3) is 0 Å². The molecule has 3 rings (SSSR count). The van der Waals surface area contributed by atoms with E-state index in [4.69, 9.17) is 4.74 Å². The highest BCUT2D eigenvalue weighted by Gasteiger charge is 2.38. The van der Waals surface area contributed by atoms with Crippen LogP contribution in [-0.4, -0.2) is 17.6 Å². The number of aromatic nitrogens is 1. The Morgan fingerprint density at radius 2 is 1.83 bits per heavy atom. The van der Waals surface area contributed by atoms with Crippen LogP contribution in [0.5, 0.6) is 0 Å². The van der Waals surface area contributed by atoms with Gasteiger partial charge in [0.2, 0.25) is 0 Å². The van der Waals surface area contributed by atoms with Crippen LogP contribution in [0.15, 0.2) is 65.7 Å². The Labute approximate surface area is 140 Å². The van der Waals surface area contributed by atoms with Gasteiger partial charge in [-0.1, -0.05) is 60.3 Å². The molecule has 1 heterocycles. The van der Waals surface area contributed by atoms with Crippen molar-refractivity contribution < 1.29 is 9.53 Å². The molecule has 4 heteroatoms. The monoisotopic (exact) mass is 325 g/mol. The number of hydrogen-bond donors (Lipinski definition) is 1. The fourth-order valence-corrected chi connectivity index (χ4v) is 3.75. The number of esters is 1. The molecule has 2 aromatic carbocycles. The van der Waals surface area contributed by atoms with Crippen molar-refractivity contribution in [2.45, 2.75) is 23.6 Å². The van der Waals surface area contributed by atoms with E-state index in [0.29, 0.717) is 6.61 Å². The highest BCUT2D eigenvalue weighted by molar-refractivity contribution is 8.00. The van der Waals surface area contributed by atoms with E-state index in [-0.39, 0.29) is 5.97 Å². The minimum absolute atomic E-state index is 0.227. The number of benzene rings is 2. The fraction of sp³-hybridized carbons (Fsp3) is 0.211. The number of H-pyrrole nitrogens is 1. The van der Waals surface area contributed by atoms with Crippen molar-refractivity contribution >= 4 is 28.6 Å². The number of thioether (sulfide) groups is 1. The van der Waals surface area contributed by atoms with Crippen LogP contribution in [0.1, 0.15) is 19.4 Å². The molecule has 0 radical (unpaired) electrons. The third-order valence-corrected chi connectivity index (χ3v) is 5.06. The van der Waals surface area contributed by atoms with Crippen LogP contribution in [0.3, 0.4) is 0 Å². The maximum absolute atomic E-state index is 12.6. The number of rotatable bonds is 5. The van der Waals surface area contributed by atoms with E-state index < -0.39 is 4.75 Å². The van der Waals surface area contributed by atoms with E-state index in [1.165, 1.54) is 11.8 Å². The predicted molar refractivity (Wildman–Crippen MR) is 94.6 cm³/mol. The van der Waals surface area contributed by atoms with Crippen molar-refractivity contribution in [2.24, 2.45) is 0 Å². The molecule has 0 saturated carbocycles. The second kappa shape index (κ2) is 6.50. The summed E-state index contributed by atoms with van der Waals surface area (Å²) < 4.78 is 4.54. The van der Waals surface area contributed by atoms with Gasteiger partial charge in [0.05, 0.1) is 11.6 Å². The van der Waals surface area contributed by atoms with Gasteiger partial charge in [0.15, 0.2) is 0 Å². The lowest BCUT2D eigenvalue weighted by Crippen LogP contribution is -2.31. The molecule has 118 valence electrons. The SMILES string of the molecule is CCOC(=O)C(C)(Sc1cc2ccccc2[nH]1)c1ccccc1. The Morgan fingerprint density at radius 3 is 2.52 bits per heavy atom. The van der Waals surface area contributed by atoms with Gasteiger partial charge in [-0.2, -0.15) is 0 Å². The maximum Gasteiger partial charge on any atom is 0.326 e. The van der Waals surface area contributed by atoms with Gasteiger partial charge in [-0.15, -0.1) is 0 Å². The molecule has 1 aromatic heterocycles. The Morgan fingerprint density at radius 1 is 1.13 bits per heavy atom. The van der Waals surface area contributed by atoms with Crippen LogP contribution in [0, 0.1) is 0 Å². The van der Waals surface area contributed by atoms with Gasteiger partial charge in [-0.05, 0) is 31.5 Å². The first-order valence-corrected chi connectivity index (χ1v) is 8.44. The first-order chi connectivity index (χ1) is 11.1. The normalized spacial score (nSPS) is 13.7. The van der Waals surface area contributed by atoms with Crippen molar-refractivity contribution in [2.75, 3.05) is 6.61 Å². The zero-order valence-corrected chi connectivity index (χ0v) is 14.0. The lowest BCUT2D eigenvalue weighted by molar-refractivity contribution is -0.145. The Balaban J connectivity index is 2.00. The second-order valence-corrected chi connectivity index (χ2v) is 6.90. The predicted octanol–water partition coefficient (Wildman–Crippen LogP) is 4.74. The number of ether oxygens (including phenoxy) is 1. The van der Waals surface area contributed by atoms with Crippen molar-refractivity contribution in [3.63, 3.8) is 0 Å². The third kappa shape index (κ3) is 3.13. The lowest BCUT2D eigenvalue weighted by Gasteiger charge is -2.26. The van der Waals surface area contributed by atoms with E-state index >= 15 is 0 Å². The Kier molecular flexibility index (Phi) is 4.44. The van der Waals surface area contributed by atoms with Gasteiger partial charge in [-0.3, -0.25) is 4.79 Å². The summed E-state index contributed by atoms with van der Waals surface area (Å²) in [5, 5.41) is 2.08. The first kappa shape index (κ1) is 15.7. The largest absolute Gasteiger partial charge is 0.465 e. The molecule has 0 amide bonds. The topological polar surface area (TPSA) is 42.1 Å². The van der Waals surface area contributed by atoms with Gasteiger partial charge in [0, 0.05) is 10.9 Å². The smallest absolute Gasteiger partial charge is 0.326 e. The fourth-order valence-electron chi connectivity index (χ4n) is 2.57. The van der Waals surface area contributed by atoms with Crippen molar-refractivity contribution in [1.29, 1.82) is 0 Å². The zero-order valence-electron chi connectivity index (χ0n) is 13.2. The standard InChI is InChI=1S/C19H19NO2S/c1-3-22-18(21)19(2,15-10-5-4-6-11-15)23-17-13-14-9-7-8-12-16(14)20-17/h4-13,20H,3H2,1-2H3. The molecule has 0 saturated heterocycles. The average Bonchev–Trinajstić information content (AvgIpc) is 2.97. The van der Waals surface area contributed by atoms with Crippen LogP contribution in [-0.2, 0) is 14.3 Å². The van der Waals surface area contributed by atoms with Crippen molar-refractivity contribution in [3.05, 3.63) is 66.2 Å². The number of fused-ring (bicyclic) bond motifs is 1. The second-order valence-electron chi connectivity index (χ2n) is 5.44. The minimum Gasteiger partial charge on any atom is -0.465 e. The van der Waals surface area contributed by atoms with Gasteiger partial charge in [0.1, 0.15) is 4.75 Å². The average molecular weight is 325 g/mol. The molecule has 23 heavy (non-hydrogen) atoms. The van der Waals surface area contributed by atoms with E-state index in [0.717, 1.165) is 21.5 Å². The summed E-state index contributed by atoms with van der Waals surface area (Å²) in [4.78, 5) is 16.0. The van der Waals surface area contributed by atoms with Crippen LogP contribution < -0.4 is 0 Å². The van der Waals surface area contributed by atoms with E-state index in [2.05, 4.69) is 17.1 Å². The Hall–Kier alpha value is -2.20. The molecule has 0 aliphatic rings. The summed E-state index contributed by atoms with van der Waals surface area (Å²) in [6.45, 7) is 4.11. The highest BCUT2D eigenvalue weighted by atomic mass is 32.2. The minimum atomic E-state index is -0.794. The van der Waals surface area contributed by atoms with E-state index in [9.17, 15) is 4.79 Å². The van der Waals surface area contributed by atoms with Crippen molar-refractivity contribution in [3.8, 4) is 0 Å². The summed E-state index contributed by atoms with van der Waals surface area (Å²) in [5.41, 5.74) is 2.00. The molecule has 0 bridgehead atoms. The Bertz CT molecular complexity index is 779. The molecule has 0 aliphatic carbocycles. The van der Waals surface area contributed by atoms with Crippen LogP contribution in [0.4, 0.5) is 0 Å². The number of carbonyl (C=O) groups excluding carboxylic acids is 1. The summed E-state index contributed by atoms with van der Waals surface area (Å²) in [7, 11) is 0. The number of carbonyl (C=O) groups is 1. The van der Waals surface area contributed by atoms with Crippen LogP contribution in [0.2, 0.25) is 0 Å². The van der Waals surface area contributed by atoms with Crippen molar-refractivity contribution in [1.82, 2.24) is 4.98 Å². The number of para-hydroxylation sites is 1.